The molecule has 0 bridgehead atoms. The Hall–Kier alpha value is -2.06. The lowest BCUT2D eigenvalue weighted by molar-refractivity contribution is -0.401. The lowest BCUT2D eigenvalue weighted by Gasteiger charge is -2.17. The molecule has 2 aromatic carbocycles. The van der Waals surface area contributed by atoms with Crippen molar-refractivity contribution in [3.05, 3.63) is 65.7 Å². The third-order valence-corrected chi connectivity index (χ3v) is 5.30. The van der Waals surface area contributed by atoms with Gasteiger partial charge >= 0.3 is 0 Å². The summed E-state index contributed by atoms with van der Waals surface area (Å²) in [5.41, 5.74) is 6.41. The van der Waals surface area contributed by atoms with E-state index in [0.29, 0.717) is 5.88 Å². The van der Waals surface area contributed by atoms with E-state index in [1.807, 2.05) is 0 Å². The van der Waals surface area contributed by atoms with Crippen LogP contribution < -0.4 is 4.90 Å². The van der Waals surface area contributed by atoms with Crippen molar-refractivity contribution >= 4 is 34.8 Å². The van der Waals surface area contributed by atoms with E-state index in [9.17, 15) is 0 Å². The summed E-state index contributed by atoms with van der Waals surface area (Å²) >= 11 is 5.82. The third-order valence-electron chi connectivity index (χ3n) is 5.13. The third kappa shape index (κ3) is 3.36. The molecule has 1 aliphatic heterocycles. The Balaban J connectivity index is 1.84. The molecule has 3 heteroatoms. The summed E-state index contributed by atoms with van der Waals surface area (Å²) in [6.07, 6.45) is 4.45. The summed E-state index contributed by atoms with van der Waals surface area (Å²) in [6, 6.07) is 17.3. The number of benzene rings is 2. The van der Waals surface area contributed by atoms with Gasteiger partial charge in [0.05, 0.1) is 5.41 Å². The van der Waals surface area contributed by atoms with Gasteiger partial charge in [0.1, 0.15) is 7.05 Å². The molecule has 0 radical (unpaired) electrons. The highest BCUT2D eigenvalue weighted by molar-refractivity contribution is 6.18. The fourth-order valence-corrected chi connectivity index (χ4v) is 3.83. The highest BCUT2D eigenvalue weighted by atomic mass is 35.5. The van der Waals surface area contributed by atoms with Crippen molar-refractivity contribution < 1.29 is 4.58 Å². The number of hydrogen-bond donors (Lipinski definition) is 0. The number of allylic oxidation sites excluding steroid dienone is 1. The first-order chi connectivity index (χ1) is 11.9. The number of hydrogen-bond acceptors (Lipinski definition) is 1. The Morgan fingerprint density at radius 2 is 1.72 bits per heavy atom. The minimum atomic E-state index is 0.0162. The van der Waals surface area contributed by atoms with Crippen molar-refractivity contribution in [3.63, 3.8) is 0 Å². The molecule has 2 aromatic rings. The van der Waals surface area contributed by atoms with Gasteiger partial charge in [0, 0.05) is 42.9 Å². The molecule has 0 atom stereocenters. The topological polar surface area (TPSA) is 6.25 Å². The van der Waals surface area contributed by atoms with Crippen LogP contribution in [0.15, 0.2) is 54.6 Å². The molecule has 0 aliphatic carbocycles. The number of para-hydroxylation sites is 1. The molecular weight excluding hydrogens is 328 g/mol. The van der Waals surface area contributed by atoms with E-state index in [0.717, 1.165) is 6.54 Å². The van der Waals surface area contributed by atoms with Crippen LogP contribution in [0.25, 0.3) is 6.08 Å². The molecule has 3 rings (SSSR count). The van der Waals surface area contributed by atoms with Gasteiger partial charge < -0.3 is 4.90 Å². The summed E-state index contributed by atoms with van der Waals surface area (Å²) in [5, 5.41) is 0. The first-order valence-electron chi connectivity index (χ1n) is 8.71. The van der Waals surface area contributed by atoms with E-state index in [1.54, 1.807) is 0 Å². The van der Waals surface area contributed by atoms with E-state index in [4.69, 9.17) is 11.6 Å². The van der Waals surface area contributed by atoms with E-state index in [2.05, 4.69) is 98.1 Å². The molecule has 0 unspecified atom stereocenters. The van der Waals surface area contributed by atoms with Crippen LogP contribution in [0.5, 0.6) is 0 Å². The summed E-state index contributed by atoms with van der Waals surface area (Å²) in [7, 11) is 4.22. The van der Waals surface area contributed by atoms with Crippen LogP contribution in [0.1, 0.15) is 25.0 Å². The largest absolute Gasteiger partial charge is 0.373 e. The van der Waals surface area contributed by atoms with Crippen molar-refractivity contribution in [2.24, 2.45) is 0 Å². The summed E-state index contributed by atoms with van der Waals surface area (Å²) in [4.78, 5) is 2.17. The molecule has 25 heavy (non-hydrogen) atoms. The number of fused-ring (bicyclic) bond motifs is 1. The number of nitrogens with zero attached hydrogens (tertiary/aromatic N) is 2. The smallest absolute Gasteiger partial charge is 0.209 e. The normalized spacial score (nSPS) is 15.7. The minimum Gasteiger partial charge on any atom is -0.373 e. The summed E-state index contributed by atoms with van der Waals surface area (Å²) in [5.74, 6) is 0.637. The van der Waals surface area contributed by atoms with Crippen molar-refractivity contribution in [2.75, 3.05) is 31.4 Å². The molecule has 1 heterocycles. The number of anilines is 1. The number of alkyl halides is 1. The molecule has 0 spiro atoms. The zero-order valence-electron chi connectivity index (χ0n) is 15.5. The monoisotopic (exact) mass is 353 g/mol. The maximum absolute atomic E-state index is 5.82. The van der Waals surface area contributed by atoms with Gasteiger partial charge in [-0.2, -0.15) is 4.58 Å². The molecule has 0 aromatic heterocycles. The van der Waals surface area contributed by atoms with Gasteiger partial charge in [0.25, 0.3) is 0 Å². The zero-order valence-corrected chi connectivity index (χ0v) is 16.2. The second kappa shape index (κ2) is 7.05. The van der Waals surface area contributed by atoms with E-state index in [1.165, 1.54) is 28.2 Å². The first-order valence-corrected chi connectivity index (χ1v) is 9.24. The summed E-state index contributed by atoms with van der Waals surface area (Å²) in [6.45, 7) is 5.43. The maximum atomic E-state index is 5.82. The van der Waals surface area contributed by atoms with Crippen LogP contribution >= 0.6 is 11.6 Å². The number of rotatable bonds is 5. The molecule has 0 saturated carbocycles. The van der Waals surface area contributed by atoms with Crippen molar-refractivity contribution in [2.45, 2.75) is 19.3 Å². The van der Waals surface area contributed by atoms with Gasteiger partial charge in [0.2, 0.25) is 5.69 Å². The Morgan fingerprint density at radius 3 is 2.36 bits per heavy atom. The van der Waals surface area contributed by atoms with Crippen LogP contribution in [-0.4, -0.2) is 36.8 Å². The SMILES string of the molecule is CN(CCCl)c1ccc(/C=C/C2=[N+](C)c3ccccc3C2(C)C)cc1. The average molecular weight is 354 g/mol. The molecule has 130 valence electrons. The molecule has 0 fully saturated rings. The van der Waals surface area contributed by atoms with Crippen LogP contribution in [0, 0.1) is 0 Å². The molecule has 0 amide bonds. The molecule has 0 N–H and O–H groups in total. The molecular formula is C22H26ClN2+. The highest BCUT2D eigenvalue weighted by Gasteiger charge is 2.42. The van der Waals surface area contributed by atoms with Gasteiger partial charge in [-0.15, -0.1) is 11.6 Å². The molecule has 1 aliphatic rings. The summed E-state index contributed by atoms with van der Waals surface area (Å²) < 4.78 is 2.30. The van der Waals surface area contributed by atoms with Crippen LogP contribution in [0.4, 0.5) is 11.4 Å². The number of halogens is 1. The van der Waals surface area contributed by atoms with E-state index >= 15 is 0 Å². The van der Waals surface area contributed by atoms with E-state index < -0.39 is 0 Å². The first kappa shape index (κ1) is 17.8. The van der Waals surface area contributed by atoms with Crippen LogP contribution in [-0.2, 0) is 5.41 Å². The fraction of sp³-hybridized carbons (Fsp3) is 0.318. The predicted octanol–water partition coefficient (Wildman–Crippen LogP) is 5.08. The second-order valence-electron chi connectivity index (χ2n) is 7.12. The Bertz CT molecular complexity index is 816. The Labute approximate surface area is 156 Å². The molecule has 0 saturated heterocycles. The lowest BCUT2D eigenvalue weighted by Crippen LogP contribution is -2.26. The van der Waals surface area contributed by atoms with Gasteiger partial charge in [-0.1, -0.05) is 30.3 Å². The zero-order chi connectivity index (χ0) is 18.0. The maximum Gasteiger partial charge on any atom is 0.209 e. The standard InChI is InChI=1S/C22H26ClN2/c1-22(2)19-7-5-6-8-20(19)25(4)21(22)14-11-17-9-12-18(13-10-17)24(3)16-15-23/h5-14H,15-16H2,1-4H3/q+1. The van der Waals surface area contributed by atoms with Gasteiger partial charge in [0.15, 0.2) is 5.71 Å². The highest BCUT2D eigenvalue weighted by Crippen LogP contribution is 2.39. The van der Waals surface area contributed by atoms with Crippen molar-refractivity contribution in [1.29, 1.82) is 0 Å². The van der Waals surface area contributed by atoms with E-state index in [-0.39, 0.29) is 5.41 Å². The minimum absolute atomic E-state index is 0.0162. The molecule has 2 nitrogen and oxygen atoms in total. The second-order valence-corrected chi connectivity index (χ2v) is 7.50. The van der Waals surface area contributed by atoms with Gasteiger partial charge in [-0.05, 0) is 37.6 Å². The fourth-order valence-electron chi connectivity index (χ4n) is 3.57. The predicted molar refractivity (Wildman–Crippen MR) is 110 cm³/mol. The Morgan fingerprint density at radius 1 is 1.04 bits per heavy atom. The van der Waals surface area contributed by atoms with Crippen LogP contribution in [0.3, 0.4) is 0 Å². The van der Waals surface area contributed by atoms with Gasteiger partial charge in [-0.25, -0.2) is 0 Å². The average Bonchev–Trinajstić information content (AvgIpc) is 2.81. The lowest BCUT2D eigenvalue weighted by atomic mass is 9.81. The van der Waals surface area contributed by atoms with Crippen LogP contribution in [0.2, 0.25) is 0 Å². The quantitative estimate of drug-likeness (QED) is 0.536. The van der Waals surface area contributed by atoms with Gasteiger partial charge in [-0.3, -0.25) is 0 Å². The Kier molecular flexibility index (Phi) is 5.01. The van der Waals surface area contributed by atoms with Crippen molar-refractivity contribution in [3.8, 4) is 0 Å². The van der Waals surface area contributed by atoms with Crippen molar-refractivity contribution in [1.82, 2.24) is 0 Å².